The van der Waals surface area contributed by atoms with Crippen LogP contribution in [0.25, 0.3) is 0 Å². The molecule has 0 aliphatic heterocycles. The fraction of sp³-hybridized carbons (Fsp3) is 0.222. The molecule has 0 aliphatic carbocycles. The van der Waals surface area contributed by atoms with Crippen molar-refractivity contribution in [2.24, 2.45) is 0 Å². The van der Waals surface area contributed by atoms with Gasteiger partial charge in [-0.3, -0.25) is 9.59 Å². The number of benzene rings is 2. The Kier molecular flexibility index (Phi) is 7.99. The van der Waals surface area contributed by atoms with Crippen molar-refractivity contribution < 1.29 is 18.0 Å². The van der Waals surface area contributed by atoms with Gasteiger partial charge in [0.1, 0.15) is 0 Å². The summed E-state index contributed by atoms with van der Waals surface area (Å²) in [6.45, 7) is 0.0459. The number of likely N-dealkylation sites (N-methyl/N-ethyl adjacent to an activating group) is 1. The lowest BCUT2D eigenvalue weighted by atomic mass is 10.2. The normalized spacial score (nSPS) is 11.3. The van der Waals surface area contributed by atoms with E-state index in [9.17, 15) is 18.0 Å². The summed E-state index contributed by atoms with van der Waals surface area (Å²) in [5.74, 6) is -0.759. The lowest BCUT2D eigenvalue weighted by Crippen LogP contribution is -2.41. The summed E-state index contributed by atoms with van der Waals surface area (Å²) in [5, 5.41) is 5.76. The molecule has 10 heteroatoms. The number of carbonyl (C=O) groups excluding carboxylic acids is 2. The zero-order chi connectivity index (χ0) is 20.7. The van der Waals surface area contributed by atoms with Crippen molar-refractivity contribution in [3.05, 3.63) is 63.6 Å². The molecule has 0 aliphatic rings. The van der Waals surface area contributed by atoms with Crippen molar-refractivity contribution in [2.45, 2.75) is 4.90 Å². The number of nitrogens with zero attached hydrogens (tertiary/aromatic N) is 1. The third-order valence-corrected chi connectivity index (χ3v) is 6.33. The van der Waals surface area contributed by atoms with Gasteiger partial charge in [0.15, 0.2) is 0 Å². The van der Waals surface area contributed by atoms with Crippen LogP contribution in [0.15, 0.2) is 57.9 Å². The first kappa shape index (κ1) is 22.4. The van der Waals surface area contributed by atoms with Crippen molar-refractivity contribution in [1.29, 1.82) is 0 Å². The van der Waals surface area contributed by atoms with Crippen LogP contribution < -0.4 is 10.6 Å². The fourth-order valence-corrected chi connectivity index (χ4v) is 3.73. The molecule has 150 valence electrons. The molecular formula is C18H19BrClN3O4S. The summed E-state index contributed by atoms with van der Waals surface area (Å²) < 4.78 is 26.6. The monoisotopic (exact) mass is 487 g/mol. The van der Waals surface area contributed by atoms with E-state index in [0.29, 0.717) is 10.6 Å². The van der Waals surface area contributed by atoms with E-state index in [0.717, 1.165) is 8.78 Å². The maximum absolute atomic E-state index is 12.4. The highest BCUT2D eigenvalue weighted by Gasteiger charge is 2.22. The summed E-state index contributed by atoms with van der Waals surface area (Å²) >= 11 is 9.01. The fourth-order valence-electron chi connectivity index (χ4n) is 2.21. The van der Waals surface area contributed by atoms with Gasteiger partial charge in [0.25, 0.3) is 5.91 Å². The van der Waals surface area contributed by atoms with E-state index in [1.165, 1.54) is 19.2 Å². The molecule has 0 radical (unpaired) electrons. The second kappa shape index (κ2) is 10.0. The van der Waals surface area contributed by atoms with E-state index in [-0.39, 0.29) is 30.4 Å². The minimum atomic E-state index is -3.76. The van der Waals surface area contributed by atoms with E-state index in [1.807, 2.05) is 0 Å². The first-order valence-corrected chi connectivity index (χ1v) is 10.8. The minimum absolute atomic E-state index is 0.0984. The van der Waals surface area contributed by atoms with Gasteiger partial charge in [0.05, 0.1) is 11.4 Å². The zero-order valence-electron chi connectivity index (χ0n) is 15.0. The summed E-state index contributed by atoms with van der Waals surface area (Å²) in [6, 6.07) is 12.6. The third kappa shape index (κ3) is 6.30. The molecule has 7 nitrogen and oxygen atoms in total. The van der Waals surface area contributed by atoms with Gasteiger partial charge in [-0.25, -0.2) is 8.42 Å². The van der Waals surface area contributed by atoms with Crippen molar-refractivity contribution in [1.82, 2.24) is 14.9 Å². The number of sulfonamides is 1. The Morgan fingerprint density at radius 3 is 2.18 bits per heavy atom. The van der Waals surface area contributed by atoms with Crippen LogP contribution >= 0.6 is 27.5 Å². The quantitative estimate of drug-likeness (QED) is 0.557. The van der Waals surface area contributed by atoms with Crippen LogP contribution in [-0.2, 0) is 14.8 Å². The second-order valence-corrected chi connectivity index (χ2v) is 9.22. The van der Waals surface area contributed by atoms with E-state index in [2.05, 4.69) is 26.6 Å². The van der Waals surface area contributed by atoms with Crippen LogP contribution in [0, 0.1) is 0 Å². The Morgan fingerprint density at radius 1 is 1.00 bits per heavy atom. The predicted molar refractivity (Wildman–Crippen MR) is 111 cm³/mol. The molecule has 0 spiro atoms. The molecule has 2 N–H and O–H groups in total. The molecule has 0 atom stereocenters. The molecule has 28 heavy (non-hydrogen) atoms. The maximum Gasteiger partial charge on any atom is 0.251 e. The molecule has 0 saturated heterocycles. The minimum Gasteiger partial charge on any atom is -0.353 e. The van der Waals surface area contributed by atoms with E-state index >= 15 is 0 Å². The summed E-state index contributed by atoms with van der Waals surface area (Å²) in [7, 11) is -2.43. The number of halogens is 2. The van der Waals surface area contributed by atoms with Gasteiger partial charge in [-0.2, -0.15) is 4.31 Å². The summed E-state index contributed by atoms with van der Waals surface area (Å²) in [5.41, 5.74) is 0.455. The zero-order valence-corrected chi connectivity index (χ0v) is 18.1. The van der Waals surface area contributed by atoms with Crippen LogP contribution in [-0.4, -0.2) is 51.2 Å². The van der Waals surface area contributed by atoms with Gasteiger partial charge in [0, 0.05) is 35.2 Å². The van der Waals surface area contributed by atoms with Crippen molar-refractivity contribution in [3.8, 4) is 0 Å². The van der Waals surface area contributed by atoms with Crippen LogP contribution in [0.4, 0.5) is 0 Å². The Morgan fingerprint density at radius 2 is 1.57 bits per heavy atom. The van der Waals surface area contributed by atoms with E-state index < -0.39 is 15.9 Å². The summed E-state index contributed by atoms with van der Waals surface area (Å²) in [4.78, 5) is 24.0. The molecule has 2 aromatic carbocycles. The van der Waals surface area contributed by atoms with Gasteiger partial charge < -0.3 is 10.6 Å². The molecule has 0 fully saturated rings. The topological polar surface area (TPSA) is 95.6 Å². The smallest absolute Gasteiger partial charge is 0.251 e. The van der Waals surface area contributed by atoms with Crippen LogP contribution in [0.3, 0.4) is 0 Å². The van der Waals surface area contributed by atoms with E-state index in [4.69, 9.17) is 11.6 Å². The first-order valence-electron chi connectivity index (χ1n) is 8.22. The van der Waals surface area contributed by atoms with Crippen molar-refractivity contribution in [3.63, 3.8) is 0 Å². The first-order chi connectivity index (χ1) is 13.2. The second-order valence-electron chi connectivity index (χ2n) is 5.83. The summed E-state index contributed by atoms with van der Waals surface area (Å²) in [6.07, 6.45) is 0. The standard InChI is InChI=1S/C18H19BrClN3O4S/c1-23(28(26,27)16-8-4-14(19)5-9-16)12-17(24)21-10-11-22-18(25)13-2-6-15(20)7-3-13/h2-9H,10-12H2,1H3,(H,21,24)(H,22,25). The van der Waals surface area contributed by atoms with Gasteiger partial charge in [0.2, 0.25) is 15.9 Å². The SMILES string of the molecule is CN(CC(=O)NCCNC(=O)c1ccc(Cl)cc1)S(=O)(=O)c1ccc(Br)cc1. The Balaban J connectivity index is 1.78. The van der Waals surface area contributed by atoms with Gasteiger partial charge >= 0.3 is 0 Å². The largest absolute Gasteiger partial charge is 0.353 e. The molecule has 2 rings (SSSR count). The number of hydrogen-bond donors (Lipinski definition) is 2. The van der Waals surface area contributed by atoms with Crippen LogP contribution in [0.2, 0.25) is 5.02 Å². The van der Waals surface area contributed by atoms with Crippen molar-refractivity contribution >= 4 is 49.4 Å². The van der Waals surface area contributed by atoms with Gasteiger partial charge in [-0.1, -0.05) is 27.5 Å². The number of hydrogen-bond acceptors (Lipinski definition) is 4. The number of amides is 2. The Hall–Kier alpha value is -1.94. The van der Waals surface area contributed by atoms with Crippen LogP contribution in [0.5, 0.6) is 0 Å². The highest BCUT2D eigenvalue weighted by Crippen LogP contribution is 2.17. The lowest BCUT2D eigenvalue weighted by Gasteiger charge is -2.17. The average Bonchev–Trinajstić information content (AvgIpc) is 2.66. The number of rotatable bonds is 8. The number of nitrogens with one attached hydrogen (secondary N) is 2. The average molecular weight is 489 g/mol. The van der Waals surface area contributed by atoms with E-state index in [1.54, 1.807) is 36.4 Å². The molecule has 2 amide bonds. The molecular weight excluding hydrogens is 470 g/mol. The predicted octanol–water partition coefficient (Wildman–Crippen LogP) is 2.27. The van der Waals surface area contributed by atoms with Gasteiger partial charge in [-0.15, -0.1) is 0 Å². The molecule has 0 aromatic heterocycles. The highest BCUT2D eigenvalue weighted by atomic mass is 79.9. The maximum atomic E-state index is 12.4. The Bertz CT molecular complexity index is 934. The molecule has 0 saturated carbocycles. The number of carbonyl (C=O) groups is 2. The lowest BCUT2D eigenvalue weighted by molar-refractivity contribution is -0.121. The van der Waals surface area contributed by atoms with Gasteiger partial charge in [-0.05, 0) is 48.5 Å². The highest BCUT2D eigenvalue weighted by molar-refractivity contribution is 9.10. The van der Waals surface area contributed by atoms with Crippen molar-refractivity contribution in [2.75, 3.05) is 26.7 Å². The molecule has 0 heterocycles. The molecule has 2 aromatic rings. The van der Waals surface area contributed by atoms with Crippen LogP contribution in [0.1, 0.15) is 10.4 Å². The molecule has 0 unspecified atom stereocenters. The Labute approximate surface area is 177 Å². The molecule has 0 bridgehead atoms. The third-order valence-electron chi connectivity index (χ3n) is 3.73.